The molecule has 9 heteroatoms. The molecule has 0 unspecified atom stereocenters. The van der Waals surface area contributed by atoms with Crippen molar-refractivity contribution >= 4 is 45.0 Å². The summed E-state index contributed by atoms with van der Waals surface area (Å²) in [4.78, 5) is 21.6. The van der Waals surface area contributed by atoms with Gasteiger partial charge in [-0.2, -0.15) is 0 Å². The van der Waals surface area contributed by atoms with E-state index in [9.17, 15) is 9.18 Å². The molecule has 0 N–H and O–H groups in total. The van der Waals surface area contributed by atoms with Crippen LogP contribution in [0.4, 0.5) is 9.52 Å². The molecule has 1 aromatic heterocycles. The normalized spacial score (nSPS) is 10.8. The number of ether oxygens (including phenoxy) is 2. The molecule has 1 amide bonds. The lowest BCUT2D eigenvalue weighted by atomic mass is 10.1. The maximum atomic E-state index is 13.6. The van der Waals surface area contributed by atoms with E-state index < -0.39 is 0 Å². The van der Waals surface area contributed by atoms with E-state index in [0.717, 1.165) is 0 Å². The fourth-order valence-electron chi connectivity index (χ4n) is 2.93. The number of amides is 1. The van der Waals surface area contributed by atoms with Gasteiger partial charge < -0.3 is 14.4 Å². The number of hydrogen-bond donors (Lipinski definition) is 0. The first-order valence-corrected chi connectivity index (χ1v) is 10.7. The highest BCUT2D eigenvalue weighted by molar-refractivity contribution is 7.22. The third-order valence-corrected chi connectivity index (χ3v) is 5.42. The smallest absolute Gasteiger partial charge is 0.260 e. The highest BCUT2D eigenvalue weighted by atomic mass is 35.5. The quantitative estimate of drug-likeness (QED) is 0.449. The Morgan fingerprint density at radius 2 is 1.74 bits per heavy atom. The Bertz CT molecular complexity index is 1030. The van der Waals surface area contributed by atoms with Crippen LogP contribution >= 0.6 is 23.7 Å². The van der Waals surface area contributed by atoms with Crippen LogP contribution in [0.15, 0.2) is 36.4 Å². The summed E-state index contributed by atoms with van der Waals surface area (Å²) in [7, 11) is 3.89. The Morgan fingerprint density at radius 3 is 2.42 bits per heavy atom. The van der Waals surface area contributed by atoms with Crippen molar-refractivity contribution in [2.45, 2.75) is 13.8 Å². The van der Waals surface area contributed by atoms with E-state index in [0.29, 0.717) is 58.7 Å². The maximum Gasteiger partial charge on any atom is 0.260 e. The van der Waals surface area contributed by atoms with Crippen molar-refractivity contribution in [3.8, 4) is 11.5 Å². The molecule has 3 rings (SSSR count). The molecule has 0 fully saturated rings. The second kappa shape index (κ2) is 11.3. The van der Waals surface area contributed by atoms with E-state index in [2.05, 4.69) is 4.98 Å². The van der Waals surface area contributed by atoms with Gasteiger partial charge in [0.15, 0.2) is 16.6 Å². The van der Waals surface area contributed by atoms with E-state index in [1.807, 2.05) is 32.8 Å². The molecule has 0 saturated heterocycles. The predicted octanol–water partition coefficient (Wildman–Crippen LogP) is 4.86. The van der Waals surface area contributed by atoms with Crippen LogP contribution in [0.3, 0.4) is 0 Å². The van der Waals surface area contributed by atoms with Crippen LogP contribution in [-0.4, -0.2) is 56.2 Å². The molecule has 0 spiro atoms. The number of hydrogen-bond acceptors (Lipinski definition) is 6. The Labute approximate surface area is 192 Å². The Balaban J connectivity index is 0.00000341. The largest absolute Gasteiger partial charge is 0.490 e. The van der Waals surface area contributed by atoms with Crippen molar-refractivity contribution in [3.05, 3.63) is 47.8 Å². The summed E-state index contributed by atoms with van der Waals surface area (Å²) in [5.41, 5.74) is 1.15. The highest BCUT2D eigenvalue weighted by Gasteiger charge is 2.23. The number of fused-ring (bicyclic) bond motifs is 1. The van der Waals surface area contributed by atoms with Gasteiger partial charge in [0.1, 0.15) is 5.82 Å². The molecule has 0 saturated carbocycles. The third-order valence-electron chi connectivity index (χ3n) is 4.38. The topological polar surface area (TPSA) is 54.9 Å². The summed E-state index contributed by atoms with van der Waals surface area (Å²) in [6.45, 7) is 5.86. The number of benzene rings is 2. The molecule has 0 radical (unpaired) electrons. The van der Waals surface area contributed by atoms with E-state index in [1.165, 1.54) is 23.5 Å². The van der Waals surface area contributed by atoms with E-state index >= 15 is 0 Å². The lowest BCUT2D eigenvalue weighted by Gasteiger charge is -2.22. The van der Waals surface area contributed by atoms with Crippen LogP contribution in [0.2, 0.25) is 0 Å². The van der Waals surface area contributed by atoms with Crippen molar-refractivity contribution < 1.29 is 18.7 Å². The third kappa shape index (κ3) is 6.06. The fraction of sp³-hybridized carbons (Fsp3) is 0.364. The first-order valence-electron chi connectivity index (χ1n) is 9.85. The summed E-state index contributed by atoms with van der Waals surface area (Å²) in [5.74, 6) is 0.618. The number of rotatable bonds is 9. The van der Waals surface area contributed by atoms with Gasteiger partial charge in [-0.3, -0.25) is 9.69 Å². The standard InChI is InChI=1S/C22H26FN3O3S.ClH/c1-5-28-18-10-7-15(13-19(18)29-6-2)21(27)26(12-11-25(3)4)22-24-17-9-8-16(23)14-20(17)30-22;/h7-10,13-14H,5-6,11-12H2,1-4H3;1H. The highest BCUT2D eigenvalue weighted by Crippen LogP contribution is 2.32. The summed E-state index contributed by atoms with van der Waals surface area (Å²) in [5, 5.41) is 0.536. The number of thiazole rings is 1. The van der Waals surface area contributed by atoms with Crippen LogP contribution in [0.1, 0.15) is 24.2 Å². The molecule has 0 atom stereocenters. The average Bonchev–Trinajstić information content (AvgIpc) is 3.12. The minimum absolute atomic E-state index is 0. The van der Waals surface area contributed by atoms with Gasteiger partial charge in [0.25, 0.3) is 5.91 Å². The minimum atomic E-state index is -0.322. The van der Waals surface area contributed by atoms with E-state index in [-0.39, 0.29) is 24.1 Å². The van der Waals surface area contributed by atoms with Gasteiger partial charge in [0.05, 0.1) is 23.4 Å². The summed E-state index contributed by atoms with van der Waals surface area (Å²) in [6, 6.07) is 9.62. The summed E-state index contributed by atoms with van der Waals surface area (Å²) in [6.07, 6.45) is 0. The van der Waals surface area contributed by atoms with Gasteiger partial charge in [0.2, 0.25) is 0 Å². The van der Waals surface area contributed by atoms with Gasteiger partial charge in [-0.15, -0.1) is 12.4 Å². The Morgan fingerprint density at radius 1 is 1.03 bits per heavy atom. The number of carbonyl (C=O) groups excluding carboxylic acids is 1. The molecule has 2 aromatic carbocycles. The minimum Gasteiger partial charge on any atom is -0.490 e. The van der Waals surface area contributed by atoms with Gasteiger partial charge in [-0.25, -0.2) is 9.37 Å². The van der Waals surface area contributed by atoms with Crippen LogP contribution in [0.25, 0.3) is 10.2 Å². The van der Waals surface area contributed by atoms with Gasteiger partial charge in [-0.05, 0) is 64.3 Å². The molecular weight excluding hydrogens is 441 g/mol. The predicted molar refractivity (Wildman–Crippen MR) is 126 cm³/mol. The number of anilines is 1. The van der Waals surface area contributed by atoms with Gasteiger partial charge in [0, 0.05) is 18.7 Å². The number of nitrogens with zero attached hydrogens (tertiary/aromatic N) is 3. The Hall–Kier alpha value is -2.42. The molecule has 168 valence electrons. The van der Waals surface area contributed by atoms with E-state index in [4.69, 9.17) is 9.47 Å². The summed E-state index contributed by atoms with van der Waals surface area (Å²) >= 11 is 1.30. The van der Waals surface area contributed by atoms with Crippen LogP contribution < -0.4 is 14.4 Å². The summed E-state index contributed by atoms with van der Waals surface area (Å²) < 4.78 is 25.6. The Kier molecular flexibility index (Phi) is 9.03. The zero-order valence-electron chi connectivity index (χ0n) is 18.1. The molecule has 3 aromatic rings. The van der Waals surface area contributed by atoms with Crippen molar-refractivity contribution in [2.24, 2.45) is 0 Å². The number of carbonyl (C=O) groups is 1. The molecule has 31 heavy (non-hydrogen) atoms. The lowest BCUT2D eigenvalue weighted by Crippen LogP contribution is -2.36. The monoisotopic (exact) mass is 467 g/mol. The molecular formula is C22H27ClFN3O3S. The lowest BCUT2D eigenvalue weighted by molar-refractivity contribution is 0.0984. The molecule has 1 heterocycles. The maximum absolute atomic E-state index is 13.6. The van der Waals surface area contributed by atoms with Crippen molar-refractivity contribution in [1.82, 2.24) is 9.88 Å². The van der Waals surface area contributed by atoms with Crippen molar-refractivity contribution in [3.63, 3.8) is 0 Å². The second-order valence-corrected chi connectivity index (χ2v) is 7.91. The molecule has 0 aliphatic rings. The molecule has 0 aliphatic heterocycles. The van der Waals surface area contributed by atoms with E-state index in [1.54, 1.807) is 29.2 Å². The SMILES string of the molecule is CCOc1ccc(C(=O)N(CCN(C)C)c2nc3ccc(F)cc3s2)cc1OCC.Cl. The zero-order valence-corrected chi connectivity index (χ0v) is 19.7. The second-order valence-electron chi connectivity index (χ2n) is 6.90. The molecule has 6 nitrogen and oxygen atoms in total. The van der Waals surface area contributed by atoms with Crippen LogP contribution in [0, 0.1) is 5.82 Å². The van der Waals surface area contributed by atoms with Crippen LogP contribution in [0.5, 0.6) is 11.5 Å². The average molecular weight is 468 g/mol. The molecule has 0 aliphatic carbocycles. The number of halogens is 2. The number of likely N-dealkylation sites (N-methyl/N-ethyl adjacent to an activating group) is 1. The first-order chi connectivity index (χ1) is 14.4. The molecule has 0 bridgehead atoms. The van der Waals surface area contributed by atoms with Gasteiger partial charge >= 0.3 is 0 Å². The van der Waals surface area contributed by atoms with Crippen molar-refractivity contribution in [1.29, 1.82) is 0 Å². The number of aromatic nitrogens is 1. The first kappa shape index (κ1) is 24.8. The van der Waals surface area contributed by atoms with Crippen molar-refractivity contribution in [2.75, 3.05) is 45.3 Å². The van der Waals surface area contributed by atoms with Crippen LogP contribution in [-0.2, 0) is 0 Å². The fourth-order valence-corrected chi connectivity index (χ4v) is 3.94. The zero-order chi connectivity index (χ0) is 21.7. The van der Waals surface area contributed by atoms with Gasteiger partial charge in [-0.1, -0.05) is 11.3 Å².